The van der Waals surface area contributed by atoms with Gasteiger partial charge in [0.25, 0.3) is 5.91 Å². The van der Waals surface area contributed by atoms with Crippen molar-refractivity contribution in [2.45, 2.75) is 25.9 Å². The molecular weight excluding hydrogens is 418 g/mol. The Hall–Kier alpha value is -3.72. The molecule has 0 aliphatic carbocycles. The number of carbonyl (C=O) groups is 1. The number of nitrogens with zero attached hydrogens (tertiary/aromatic N) is 5. The number of ether oxygens (including phenoxy) is 1. The topological polar surface area (TPSA) is 97.2 Å². The van der Waals surface area contributed by atoms with E-state index in [1.54, 1.807) is 17.1 Å². The van der Waals surface area contributed by atoms with Gasteiger partial charge in [-0.25, -0.2) is 4.98 Å². The van der Waals surface area contributed by atoms with E-state index < -0.39 is 0 Å². The molecule has 2 unspecified atom stereocenters. The van der Waals surface area contributed by atoms with Gasteiger partial charge >= 0.3 is 6.01 Å². The highest BCUT2D eigenvalue weighted by Gasteiger charge is 2.25. The molecule has 2 N–H and O–H groups in total. The number of rotatable bonds is 4. The third kappa shape index (κ3) is 3.84. The Balaban J connectivity index is 1.57. The summed E-state index contributed by atoms with van der Waals surface area (Å²) < 4.78 is 7.05. The molecule has 1 fully saturated rings. The zero-order valence-corrected chi connectivity index (χ0v) is 19.2. The van der Waals surface area contributed by atoms with Gasteiger partial charge in [-0.15, -0.1) is 0 Å². The van der Waals surface area contributed by atoms with E-state index in [0.717, 1.165) is 35.1 Å². The molecule has 170 valence electrons. The first kappa shape index (κ1) is 21.1. The van der Waals surface area contributed by atoms with Crippen LogP contribution in [-0.4, -0.2) is 57.9 Å². The summed E-state index contributed by atoms with van der Waals surface area (Å²) in [6, 6.07) is 10.5. The molecule has 1 aliphatic rings. The molecule has 0 radical (unpaired) electrons. The van der Waals surface area contributed by atoms with Crippen molar-refractivity contribution in [3.8, 4) is 6.01 Å². The lowest BCUT2D eigenvalue weighted by atomic mass is 10.0. The molecule has 4 aromatic rings. The fourth-order valence-electron chi connectivity index (χ4n) is 4.65. The molecule has 9 nitrogen and oxygen atoms in total. The van der Waals surface area contributed by atoms with Crippen LogP contribution in [0.1, 0.15) is 24.2 Å². The average Bonchev–Trinajstić information content (AvgIpc) is 3.19. The van der Waals surface area contributed by atoms with Crippen molar-refractivity contribution >= 4 is 39.1 Å². The minimum absolute atomic E-state index is 0.227. The third-order valence-corrected chi connectivity index (χ3v) is 6.07. The molecule has 0 saturated carbocycles. The van der Waals surface area contributed by atoms with Crippen LogP contribution in [-0.2, 0) is 7.05 Å². The number of amides is 1. The maximum atomic E-state index is 13.4. The molecular formula is C24H27N7O2. The zero-order valence-electron chi connectivity index (χ0n) is 19.2. The van der Waals surface area contributed by atoms with Crippen molar-refractivity contribution in [3.63, 3.8) is 0 Å². The maximum absolute atomic E-state index is 13.4. The van der Waals surface area contributed by atoms with Crippen LogP contribution >= 0.6 is 0 Å². The summed E-state index contributed by atoms with van der Waals surface area (Å²) in [5.41, 5.74) is 3.69. The molecule has 2 atom stereocenters. The lowest BCUT2D eigenvalue weighted by Crippen LogP contribution is -2.54. The Kier molecular flexibility index (Phi) is 5.33. The van der Waals surface area contributed by atoms with Crippen LogP contribution in [0.15, 0.2) is 42.7 Å². The number of piperazine rings is 1. The molecule has 2 aromatic heterocycles. The summed E-state index contributed by atoms with van der Waals surface area (Å²) in [6.07, 6.45) is 3.50. The second-order valence-corrected chi connectivity index (χ2v) is 8.59. The average molecular weight is 446 g/mol. The number of methoxy groups -OCH3 is 1. The second kappa shape index (κ2) is 8.32. The fourth-order valence-corrected chi connectivity index (χ4v) is 4.65. The van der Waals surface area contributed by atoms with Crippen LogP contribution in [0.3, 0.4) is 0 Å². The van der Waals surface area contributed by atoms with Gasteiger partial charge in [0.15, 0.2) is 0 Å². The summed E-state index contributed by atoms with van der Waals surface area (Å²) >= 11 is 0. The summed E-state index contributed by atoms with van der Waals surface area (Å²) in [5, 5.41) is 12.6. The number of hydrogen-bond acceptors (Lipinski definition) is 7. The SMILES string of the molecule is COc1ncc2c(N3CC(C)NC(C)C3)ccc(C(=O)Nc3cccc4c3cnn4C)c2n1. The van der Waals surface area contributed by atoms with E-state index in [0.29, 0.717) is 28.9 Å². The largest absolute Gasteiger partial charge is 0.467 e. The van der Waals surface area contributed by atoms with E-state index in [2.05, 4.69) is 44.4 Å². The predicted octanol–water partition coefficient (Wildman–Crippen LogP) is 2.96. The van der Waals surface area contributed by atoms with Crippen molar-refractivity contribution in [2.24, 2.45) is 7.05 Å². The van der Waals surface area contributed by atoms with Crippen LogP contribution in [0, 0.1) is 0 Å². The Morgan fingerprint density at radius 3 is 2.67 bits per heavy atom. The number of fused-ring (bicyclic) bond motifs is 2. The van der Waals surface area contributed by atoms with Gasteiger partial charge in [0.2, 0.25) is 0 Å². The Labute approximate surface area is 191 Å². The summed E-state index contributed by atoms with van der Waals surface area (Å²) in [6.45, 7) is 6.07. The number of aryl methyl sites for hydroxylation is 1. The van der Waals surface area contributed by atoms with Gasteiger partial charge in [0, 0.05) is 54.9 Å². The lowest BCUT2D eigenvalue weighted by molar-refractivity contribution is 0.102. The van der Waals surface area contributed by atoms with Crippen LogP contribution < -0.4 is 20.3 Å². The van der Waals surface area contributed by atoms with Gasteiger partial charge in [-0.05, 0) is 38.1 Å². The quantitative estimate of drug-likeness (QED) is 0.498. The standard InChI is InChI=1S/C24H27N7O2/c1-14-12-31(13-15(2)27-14)21-9-8-16(22-18(21)10-25-24(29-22)33-4)23(32)28-19-6-5-7-20-17(19)11-26-30(20)3/h5-11,14-15,27H,12-13H2,1-4H3,(H,28,32). The molecule has 1 aliphatic heterocycles. The second-order valence-electron chi connectivity index (χ2n) is 8.59. The van der Waals surface area contributed by atoms with Crippen LogP contribution in [0.5, 0.6) is 6.01 Å². The number of aromatic nitrogens is 4. The first-order chi connectivity index (χ1) is 15.9. The van der Waals surface area contributed by atoms with E-state index in [9.17, 15) is 4.79 Å². The minimum Gasteiger partial charge on any atom is -0.467 e. The highest BCUT2D eigenvalue weighted by Crippen LogP contribution is 2.31. The smallest absolute Gasteiger partial charge is 0.316 e. The summed E-state index contributed by atoms with van der Waals surface area (Å²) in [4.78, 5) is 24.6. The Morgan fingerprint density at radius 1 is 1.12 bits per heavy atom. The van der Waals surface area contributed by atoms with Gasteiger partial charge in [-0.1, -0.05) is 6.07 Å². The molecule has 1 saturated heterocycles. The normalized spacial score (nSPS) is 18.6. The molecule has 3 heterocycles. The fraction of sp³-hybridized carbons (Fsp3) is 0.333. The molecule has 0 bridgehead atoms. The van der Waals surface area contributed by atoms with E-state index >= 15 is 0 Å². The first-order valence-electron chi connectivity index (χ1n) is 11.0. The number of anilines is 2. The maximum Gasteiger partial charge on any atom is 0.316 e. The van der Waals surface area contributed by atoms with Gasteiger partial charge in [0.1, 0.15) is 0 Å². The number of carbonyl (C=O) groups excluding carboxylic acids is 1. The van der Waals surface area contributed by atoms with Crippen LogP contribution in [0.25, 0.3) is 21.8 Å². The van der Waals surface area contributed by atoms with Crippen LogP contribution in [0.4, 0.5) is 11.4 Å². The van der Waals surface area contributed by atoms with Gasteiger partial charge in [0.05, 0.1) is 35.6 Å². The number of benzene rings is 2. The third-order valence-electron chi connectivity index (χ3n) is 6.07. The van der Waals surface area contributed by atoms with E-state index in [4.69, 9.17) is 4.74 Å². The Bertz CT molecular complexity index is 1340. The van der Waals surface area contributed by atoms with Crippen LogP contribution in [0.2, 0.25) is 0 Å². The minimum atomic E-state index is -0.245. The molecule has 5 rings (SSSR count). The molecule has 33 heavy (non-hydrogen) atoms. The molecule has 2 aromatic carbocycles. The van der Waals surface area contributed by atoms with E-state index in [1.807, 2.05) is 37.4 Å². The van der Waals surface area contributed by atoms with Gasteiger partial charge in [-0.3, -0.25) is 9.48 Å². The zero-order chi connectivity index (χ0) is 23.1. The molecule has 1 amide bonds. The summed E-state index contributed by atoms with van der Waals surface area (Å²) in [7, 11) is 3.40. The highest BCUT2D eigenvalue weighted by atomic mass is 16.5. The highest BCUT2D eigenvalue weighted by molar-refractivity contribution is 6.15. The van der Waals surface area contributed by atoms with Crippen molar-refractivity contribution in [1.82, 2.24) is 25.1 Å². The number of nitrogens with one attached hydrogen (secondary N) is 2. The monoisotopic (exact) mass is 445 g/mol. The lowest BCUT2D eigenvalue weighted by Gasteiger charge is -2.38. The first-order valence-corrected chi connectivity index (χ1v) is 11.0. The van der Waals surface area contributed by atoms with E-state index in [1.165, 1.54) is 7.11 Å². The number of hydrogen-bond donors (Lipinski definition) is 2. The molecule has 0 spiro atoms. The summed E-state index contributed by atoms with van der Waals surface area (Å²) in [5.74, 6) is -0.245. The van der Waals surface area contributed by atoms with Gasteiger partial charge in [-0.2, -0.15) is 10.1 Å². The van der Waals surface area contributed by atoms with Gasteiger partial charge < -0.3 is 20.3 Å². The van der Waals surface area contributed by atoms with Crippen molar-refractivity contribution in [1.29, 1.82) is 0 Å². The van der Waals surface area contributed by atoms with Crippen molar-refractivity contribution in [2.75, 3.05) is 30.4 Å². The van der Waals surface area contributed by atoms with E-state index in [-0.39, 0.29) is 11.9 Å². The van der Waals surface area contributed by atoms with Crippen molar-refractivity contribution < 1.29 is 9.53 Å². The molecule has 9 heteroatoms. The predicted molar refractivity (Wildman–Crippen MR) is 129 cm³/mol. The Morgan fingerprint density at radius 2 is 1.91 bits per heavy atom. The van der Waals surface area contributed by atoms with Crippen molar-refractivity contribution in [3.05, 3.63) is 48.3 Å².